The van der Waals surface area contributed by atoms with E-state index < -0.39 is 0 Å². The molecular formula is C12H27N. The summed E-state index contributed by atoms with van der Waals surface area (Å²) < 4.78 is 0. The molecule has 80 valence electrons. The summed E-state index contributed by atoms with van der Waals surface area (Å²) in [7, 11) is 0. The Hall–Kier alpha value is -0.0400. The Morgan fingerprint density at radius 3 is 2.31 bits per heavy atom. The maximum atomic E-state index is 3.46. The molecule has 0 aromatic rings. The first-order valence-electron chi connectivity index (χ1n) is 6.02. The zero-order valence-corrected chi connectivity index (χ0v) is 9.73. The van der Waals surface area contributed by atoms with Gasteiger partial charge in [0.25, 0.3) is 0 Å². The number of hydrogen-bond donors (Lipinski definition) is 1. The highest BCUT2D eigenvalue weighted by atomic mass is 14.8. The van der Waals surface area contributed by atoms with Crippen LogP contribution in [0.5, 0.6) is 0 Å². The normalized spacial score (nSPS) is 13.2. The molecule has 0 saturated heterocycles. The predicted molar refractivity (Wildman–Crippen MR) is 61.1 cm³/mol. The van der Waals surface area contributed by atoms with Crippen LogP contribution in [-0.2, 0) is 0 Å². The van der Waals surface area contributed by atoms with Crippen molar-refractivity contribution in [2.24, 2.45) is 5.92 Å². The van der Waals surface area contributed by atoms with Gasteiger partial charge in [-0.1, -0.05) is 46.5 Å². The van der Waals surface area contributed by atoms with E-state index in [2.05, 4.69) is 26.1 Å². The van der Waals surface area contributed by atoms with Crippen LogP contribution in [0.3, 0.4) is 0 Å². The lowest BCUT2D eigenvalue weighted by Crippen LogP contribution is -2.18. The Morgan fingerprint density at radius 2 is 1.69 bits per heavy atom. The SMILES string of the molecule is CCCCCC(C)CCNCCC. The topological polar surface area (TPSA) is 12.0 Å². The summed E-state index contributed by atoms with van der Waals surface area (Å²) in [6.45, 7) is 9.26. The number of rotatable bonds is 9. The lowest BCUT2D eigenvalue weighted by atomic mass is 10.00. The maximum Gasteiger partial charge on any atom is -0.00464 e. The zero-order chi connectivity index (χ0) is 9.94. The number of hydrogen-bond acceptors (Lipinski definition) is 1. The highest BCUT2D eigenvalue weighted by molar-refractivity contribution is 4.56. The quantitative estimate of drug-likeness (QED) is 0.541. The van der Waals surface area contributed by atoms with Crippen molar-refractivity contribution < 1.29 is 0 Å². The van der Waals surface area contributed by atoms with E-state index in [0.717, 1.165) is 5.92 Å². The predicted octanol–water partition coefficient (Wildman–Crippen LogP) is 3.59. The van der Waals surface area contributed by atoms with Gasteiger partial charge in [-0.2, -0.15) is 0 Å². The van der Waals surface area contributed by atoms with Crippen molar-refractivity contribution in [3.05, 3.63) is 0 Å². The van der Waals surface area contributed by atoms with Crippen molar-refractivity contribution in [3.63, 3.8) is 0 Å². The second-order valence-electron chi connectivity index (χ2n) is 4.14. The smallest absolute Gasteiger partial charge is 0.00464 e. The van der Waals surface area contributed by atoms with Crippen LogP contribution >= 0.6 is 0 Å². The van der Waals surface area contributed by atoms with Crippen molar-refractivity contribution in [2.45, 2.75) is 59.3 Å². The standard InChI is InChI=1S/C12H27N/c1-4-6-7-8-12(3)9-11-13-10-5-2/h12-13H,4-11H2,1-3H3. The Bertz CT molecular complexity index is 91.1. The molecule has 0 spiro atoms. The molecular weight excluding hydrogens is 158 g/mol. The molecule has 0 aliphatic carbocycles. The van der Waals surface area contributed by atoms with E-state index in [9.17, 15) is 0 Å². The van der Waals surface area contributed by atoms with Gasteiger partial charge in [0.15, 0.2) is 0 Å². The van der Waals surface area contributed by atoms with Crippen molar-refractivity contribution in [1.29, 1.82) is 0 Å². The van der Waals surface area contributed by atoms with Crippen molar-refractivity contribution in [3.8, 4) is 0 Å². The molecule has 0 aromatic carbocycles. The number of unbranched alkanes of at least 4 members (excludes halogenated alkanes) is 2. The molecule has 0 amide bonds. The summed E-state index contributed by atoms with van der Waals surface area (Å²) in [5.74, 6) is 0.913. The summed E-state index contributed by atoms with van der Waals surface area (Å²) in [5.41, 5.74) is 0. The highest BCUT2D eigenvalue weighted by Crippen LogP contribution is 2.11. The summed E-state index contributed by atoms with van der Waals surface area (Å²) in [5, 5.41) is 3.46. The fourth-order valence-corrected chi connectivity index (χ4v) is 1.54. The van der Waals surface area contributed by atoms with E-state index in [1.807, 2.05) is 0 Å². The summed E-state index contributed by atoms with van der Waals surface area (Å²) >= 11 is 0. The minimum absolute atomic E-state index is 0.913. The van der Waals surface area contributed by atoms with Gasteiger partial charge >= 0.3 is 0 Å². The summed E-state index contributed by atoms with van der Waals surface area (Å²) in [6.07, 6.45) is 8.20. The van der Waals surface area contributed by atoms with Crippen LogP contribution < -0.4 is 5.32 Å². The van der Waals surface area contributed by atoms with Crippen molar-refractivity contribution in [2.75, 3.05) is 13.1 Å². The van der Waals surface area contributed by atoms with Crippen LogP contribution in [-0.4, -0.2) is 13.1 Å². The van der Waals surface area contributed by atoms with Crippen LogP contribution in [0.1, 0.15) is 59.3 Å². The molecule has 0 fully saturated rings. The van der Waals surface area contributed by atoms with E-state index in [-0.39, 0.29) is 0 Å². The van der Waals surface area contributed by atoms with Crippen LogP contribution in [0.25, 0.3) is 0 Å². The van der Waals surface area contributed by atoms with Crippen LogP contribution in [0.4, 0.5) is 0 Å². The van der Waals surface area contributed by atoms with Gasteiger partial charge < -0.3 is 5.32 Å². The second-order valence-corrected chi connectivity index (χ2v) is 4.14. The van der Waals surface area contributed by atoms with Crippen LogP contribution in [0.15, 0.2) is 0 Å². The molecule has 0 radical (unpaired) electrons. The average molecular weight is 185 g/mol. The Kier molecular flexibility index (Phi) is 10.0. The van der Waals surface area contributed by atoms with E-state index in [1.54, 1.807) is 0 Å². The molecule has 13 heavy (non-hydrogen) atoms. The average Bonchev–Trinajstić information content (AvgIpc) is 2.13. The van der Waals surface area contributed by atoms with Gasteiger partial charge in [0.1, 0.15) is 0 Å². The van der Waals surface area contributed by atoms with Crippen LogP contribution in [0, 0.1) is 5.92 Å². The lowest BCUT2D eigenvalue weighted by Gasteiger charge is -2.10. The molecule has 0 aromatic heterocycles. The maximum absolute atomic E-state index is 3.46. The largest absolute Gasteiger partial charge is 0.317 e. The van der Waals surface area contributed by atoms with E-state index in [0.29, 0.717) is 0 Å². The van der Waals surface area contributed by atoms with Gasteiger partial charge in [0.05, 0.1) is 0 Å². The third-order valence-corrected chi connectivity index (χ3v) is 2.54. The molecule has 1 N–H and O–H groups in total. The van der Waals surface area contributed by atoms with Gasteiger partial charge in [-0.15, -0.1) is 0 Å². The molecule has 1 heteroatoms. The molecule has 1 nitrogen and oxygen atoms in total. The molecule has 0 aliphatic heterocycles. The molecule has 0 aliphatic rings. The summed E-state index contributed by atoms with van der Waals surface area (Å²) in [6, 6.07) is 0. The fourth-order valence-electron chi connectivity index (χ4n) is 1.54. The second kappa shape index (κ2) is 10.0. The van der Waals surface area contributed by atoms with Crippen LogP contribution in [0.2, 0.25) is 0 Å². The number of nitrogens with one attached hydrogen (secondary N) is 1. The Morgan fingerprint density at radius 1 is 0.923 bits per heavy atom. The third kappa shape index (κ3) is 9.88. The molecule has 0 saturated carbocycles. The first kappa shape index (κ1) is 13.0. The molecule has 0 bridgehead atoms. The Balaban J connectivity index is 3.05. The highest BCUT2D eigenvalue weighted by Gasteiger charge is 2.00. The zero-order valence-electron chi connectivity index (χ0n) is 9.73. The van der Waals surface area contributed by atoms with E-state index in [1.165, 1.54) is 51.6 Å². The van der Waals surface area contributed by atoms with Crippen molar-refractivity contribution in [1.82, 2.24) is 5.32 Å². The molecule has 0 rings (SSSR count). The minimum atomic E-state index is 0.913. The van der Waals surface area contributed by atoms with Gasteiger partial charge in [-0.05, 0) is 31.8 Å². The van der Waals surface area contributed by atoms with E-state index >= 15 is 0 Å². The van der Waals surface area contributed by atoms with Crippen molar-refractivity contribution >= 4 is 0 Å². The fraction of sp³-hybridized carbons (Fsp3) is 1.00. The molecule has 1 unspecified atom stereocenters. The summed E-state index contributed by atoms with van der Waals surface area (Å²) in [4.78, 5) is 0. The first-order chi connectivity index (χ1) is 6.31. The van der Waals surface area contributed by atoms with Gasteiger partial charge in [-0.25, -0.2) is 0 Å². The first-order valence-corrected chi connectivity index (χ1v) is 6.02. The lowest BCUT2D eigenvalue weighted by molar-refractivity contribution is 0.448. The van der Waals surface area contributed by atoms with E-state index in [4.69, 9.17) is 0 Å². The van der Waals surface area contributed by atoms with Gasteiger partial charge in [-0.3, -0.25) is 0 Å². The third-order valence-electron chi connectivity index (χ3n) is 2.54. The monoisotopic (exact) mass is 185 g/mol. The molecule has 0 heterocycles. The Labute approximate surface area is 84.3 Å². The van der Waals surface area contributed by atoms with Gasteiger partial charge in [0, 0.05) is 0 Å². The van der Waals surface area contributed by atoms with Gasteiger partial charge in [0.2, 0.25) is 0 Å². The minimum Gasteiger partial charge on any atom is -0.317 e. The molecule has 1 atom stereocenters.